The van der Waals surface area contributed by atoms with Gasteiger partial charge in [0.2, 0.25) is 0 Å². The molecule has 0 bridgehead atoms. The molecule has 1 radical (unpaired) electrons. The Kier molecular flexibility index (Phi) is 2.35. The quantitative estimate of drug-likeness (QED) is 0.494. The molecule has 2 aromatic carbocycles. The highest BCUT2D eigenvalue weighted by Gasteiger charge is 2.37. The van der Waals surface area contributed by atoms with Crippen molar-refractivity contribution in [2.75, 3.05) is 0 Å². The Morgan fingerprint density at radius 1 is 1.32 bits per heavy atom. The molecule has 2 unspecified atom stereocenters. The van der Waals surface area contributed by atoms with Gasteiger partial charge in [-0.15, -0.1) is 6.40 Å². The van der Waals surface area contributed by atoms with Crippen LogP contribution in [0.3, 0.4) is 0 Å². The molecule has 0 amide bonds. The molecule has 91 valence electrons. The normalized spacial score (nSPS) is 21.3. The Balaban J connectivity index is 2.23. The highest BCUT2D eigenvalue weighted by Crippen LogP contribution is 2.31. The largest absolute Gasteiger partial charge is 0.480 e. The average molecular weight is 269 g/mol. The van der Waals surface area contributed by atoms with Crippen LogP contribution in [0.25, 0.3) is 0 Å². The van der Waals surface area contributed by atoms with E-state index in [-0.39, 0.29) is 0 Å². The van der Waals surface area contributed by atoms with Crippen LogP contribution in [0, 0.1) is 12.3 Å². The molecule has 0 spiro atoms. The maximum atomic E-state index is 11.1. The van der Waals surface area contributed by atoms with Gasteiger partial charge in [-0.3, -0.25) is 0 Å². The van der Waals surface area contributed by atoms with Crippen LogP contribution >= 0.6 is 9.41 Å². The second-order valence-corrected chi connectivity index (χ2v) is 4.62. The first-order valence-corrected chi connectivity index (χ1v) is 6.18. The van der Waals surface area contributed by atoms with Gasteiger partial charge in [0.25, 0.3) is 0 Å². The fraction of sp³-hybridized carbons (Fsp3) is 0.0667. The number of benzene rings is 2. The van der Waals surface area contributed by atoms with Crippen molar-refractivity contribution >= 4 is 27.6 Å². The second-order valence-electron chi connectivity index (χ2n) is 4.42. The van der Waals surface area contributed by atoms with Gasteiger partial charge in [0.15, 0.2) is 12.9 Å². The Labute approximate surface area is 118 Å². The Morgan fingerprint density at radius 2 is 2.16 bits per heavy atom. The molecule has 0 aliphatic carbocycles. The second kappa shape index (κ2) is 4.42. The van der Waals surface area contributed by atoms with E-state index in [0.29, 0.717) is 16.9 Å². The van der Waals surface area contributed by atoms with Crippen LogP contribution in [0.1, 0.15) is 12.5 Å². The van der Waals surface area contributed by atoms with Gasteiger partial charge < -0.3 is 9.63 Å². The Hall–Kier alpha value is -1.75. The fourth-order valence-corrected chi connectivity index (χ4v) is 2.56. The van der Waals surface area contributed by atoms with Gasteiger partial charge in [-0.25, -0.2) is 0 Å². The average Bonchev–Trinajstić information content (AvgIpc) is 2.49. The zero-order valence-corrected chi connectivity index (χ0v) is 11.0. The molecule has 4 heteroatoms. The monoisotopic (exact) mass is 269 g/mol. The van der Waals surface area contributed by atoms with Gasteiger partial charge in [-0.05, 0) is 23.3 Å². The Bertz CT molecular complexity index is 757. The fourth-order valence-electron chi connectivity index (χ4n) is 2.44. The van der Waals surface area contributed by atoms with E-state index in [9.17, 15) is 5.11 Å². The van der Waals surface area contributed by atoms with Crippen LogP contribution in [0.15, 0.2) is 42.5 Å². The summed E-state index contributed by atoms with van der Waals surface area (Å²) in [5, 5.41) is 11.1. The van der Waals surface area contributed by atoms with Crippen molar-refractivity contribution in [3.63, 3.8) is 0 Å². The van der Waals surface area contributed by atoms with E-state index in [0.717, 1.165) is 10.9 Å². The van der Waals surface area contributed by atoms with Crippen molar-refractivity contribution in [2.45, 2.75) is 5.60 Å². The molecule has 1 aliphatic heterocycles. The van der Waals surface area contributed by atoms with Crippen LogP contribution in [-0.4, -0.2) is 13.7 Å². The van der Waals surface area contributed by atoms with Gasteiger partial charge in [0, 0.05) is 0 Å². The number of hydrogen-bond donors (Lipinski definition) is 1. The van der Waals surface area contributed by atoms with Gasteiger partial charge in [-0.2, -0.15) is 0 Å². The summed E-state index contributed by atoms with van der Waals surface area (Å²) in [5.74, 6) is 3.11. The van der Waals surface area contributed by atoms with Crippen LogP contribution in [0.2, 0.25) is 0 Å². The van der Waals surface area contributed by atoms with E-state index >= 15 is 0 Å². The zero-order chi connectivity index (χ0) is 14.9. The predicted octanol–water partition coefficient (Wildman–Crippen LogP) is 0.693. The highest BCUT2D eigenvalue weighted by molar-refractivity contribution is 7.10. The third-order valence-corrected chi connectivity index (χ3v) is 3.61. The standard InChI is InChI=1S/C15H11BO2P/c1-2-15(17)11-5-3-4-6-13(11)16-14-8-7-10(18-19)9-12(14)15/h1,3-9,17H,19H2/i1T,19T. The van der Waals surface area contributed by atoms with E-state index in [1.807, 2.05) is 31.5 Å². The minimum atomic E-state index is -1.53. The summed E-state index contributed by atoms with van der Waals surface area (Å²) >= 11 is 0. The van der Waals surface area contributed by atoms with Crippen molar-refractivity contribution < 1.29 is 11.0 Å². The number of rotatable bonds is 2. The molecule has 1 aliphatic rings. The van der Waals surface area contributed by atoms with Gasteiger partial charge in [0.1, 0.15) is 7.12 Å². The minimum Gasteiger partial charge on any atom is -0.480 e. The molecule has 0 fully saturated rings. The third-order valence-electron chi connectivity index (χ3n) is 3.37. The first-order valence-electron chi connectivity index (χ1n) is 6.77. The Morgan fingerprint density at radius 3 is 3.00 bits per heavy atom. The summed E-state index contributed by atoms with van der Waals surface area (Å²) in [6, 6.07) is 12.7. The zero-order valence-electron chi connectivity index (χ0n) is 12.0. The van der Waals surface area contributed by atoms with E-state index in [2.05, 4.69) is 12.3 Å². The molecular weight excluding hydrogens is 254 g/mol. The van der Waals surface area contributed by atoms with Gasteiger partial charge >= 0.3 is 0 Å². The molecule has 0 saturated heterocycles. The van der Waals surface area contributed by atoms with Gasteiger partial charge in [-0.1, -0.05) is 47.2 Å². The lowest BCUT2D eigenvalue weighted by Crippen LogP contribution is -2.47. The highest BCUT2D eigenvalue weighted by atomic mass is 31.0. The molecule has 3 rings (SSSR count). The lowest BCUT2D eigenvalue weighted by molar-refractivity contribution is 0.147. The molecule has 0 aromatic heterocycles. The smallest absolute Gasteiger partial charge is 0.192 e. The number of fused-ring (bicyclic) bond motifs is 2. The molecule has 0 saturated carbocycles. The van der Waals surface area contributed by atoms with E-state index in [1.165, 1.54) is 0 Å². The minimum absolute atomic E-state index is 0.420. The predicted molar refractivity (Wildman–Crippen MR) is 80.1 cm³/mol. The van der Waals surface area contributed by atoms with Gasteiger partial charge in [0.05, 0.1) is 10.7 Å². The van der Waals surface area contributed by atoms with E-state index in [4.69, 9.17) is 7.17 Å². The van der Waals surface area contributed by atoms with Crippen LogP contribution in [0.4, 0.5) is 0 Å². The molecule has 2 aromatic rings. The maximum Gasteiger partial charge on any atom is 0.192 e. The molecular formula is C15H11BO2P. The number of aliphatic hydroxyl groups is 1. The van der Waals surface area contributed by atoms with Crippen molar-refractivity contribution in [3.05, 3.63) is 53.6 Å². The third kappa shape index (κ3) is 1.77. The topological polar surface area (TPSA) is 29.5 Å². The maximum absolute atomic E-state index is 11.1. The van der Waals surface area contributed by atoms with E-state index in [1.54, 1.807) is 18.2 Å². The SMILES string of the molecule is [3H]C#CC1(O)c2ccccc2[B]c2ccc(OP[3H])cc21. The van der Waals surface area contributed by atoms with Crippen molar-refractivity contribution in [3.8, 4) is 18.1 Å². The lowest BCUT2D eigenvalue weighted by Gasteiger charge is -2.32. The van der Waals surface area contributed by atoms with Crippen molar-refractivity contribution in [1.82, 2.24) is 0 Å². The van der Waals surface area contributed by atoms with Crippen molar-refractivity contribution in [1.29, 1.82) is 1.28 Å². The summed E-state index contributed by atoms with van der Waals surface area (Å²) in [5.41, 5.74) is 1.41. The summed E-state index contributed by atoms with van der Waals surface area (Å²) in [7, 11) is 1.55. The lowest BCUT2D eigenvalue weighted by atomic mass is 9.53. The van der Waals surface area contributed by atoms with Crippen LogP contribution < -0.4 is 15.4 Å². The van der Waals surface area contributed by atoms with Crippen LogP contribution in [0.5, 0.6) is 5.75 Å². The molecule has 2 atom stereocenters. The van der Waals surface area contributed by atoms with Crippen molar-refractivity contribution in [2.24, 2.45) is 0 Å². The first kappa shape index (κ1) is 10.1. The summed E-state index contributed by atoms with van der Waals surface area (Å²) in [6.45, 7) is 0. The van der Waals surface area contributed by atoms with E-state index < -0.39 is 15.0 Å². The molecule has 19 heavy (non-hydrogen) atoms. The molecule has 2 nitrogen and oxygen atoms in total. The number of hydrogen-bond acceptors (Lipinski definition) is 2. The summed E-state index contributed by atoms with van der Waals surface area (Å²) in [4.78, 5) is 0. The first-order chi connectivity index (χ1) is 10.2. The van der Waals surface area contributed by atoms with Crippen LogP contribution in [-0.2, 0) is 5.60 Å². The number of terminal acetylenes is 1. The molecule has 1 N–H and O–H groups in total. The summed E-state index contributed by atoms with van der Waals surface area (Å²) < 4.78 is 19.6. The summed E-state index contributed by atoms with van der Waals surface area (Å²) in [6.07, 6.45) is 2.07. The molecule has 1 heterocycles.